The SMILES string of the molecule is CCC(O)(CC)C1CCCN1CCCCCCN1C(=S)N(c2ccc(C#N)c(C(F)(F)F)c2)C(=O)C1(C)C. The Morgan fingerprint density at radius 3 is 2.34 bits per heavy atom. The molecule has 1 unspecified atom stereocenters. The van der Waals surface area contributed by atoms with E-state index >= 15 is 0 Å². The number of anilines is 1. The molecule has 1 aromatic rings. The third kappa shape index (κ3) is 6.00. The Labute approximate surface area is 229 Å². The van der Waals surface area contributed by atoms with E-state index in [1.165, 1.54) is 6.07 Å². The fourth-order valence-electron chi connectivity index (χ4n) is 5.80. The second kappa shape index (κ2) is 11.9. The molecule has 1 aromatic carbocycles. The minimum atomic E-state index is -4.72. The van der Waals surface area contributed by atoms with Gasteiger partial charge in [0.15, 0.2) is 5.11 Å². The summed E-state index contributed by atoms with van der Waals surface area (Å²) >= 11 is 5.57. The van der Waals surface area contributed by atoms with Gasteiger partial charge in [-0.3, -0.25) is 14.6 Å². The van der Waals surface area contributed by atoms with Gasteiger partial charge in [0.2, 0.25) is 0 Å². The van der Waals surface area contributed by atoms with Crippen LogP contribution in [0.25, 0.3) is 0 Å². The summed E-state index contributed by atoms with van der Waals surface area (Å²) < 4.78 is 40.5. The number of unbranched alkanes of at least 4 members (excludes halogenated alkanes) is 3. The summed E-state index contributed by atoms with van der Waals surface area (Å²) in [6, 6.07) is 5.02. The van der Waals surface area contributed by atoms with E-state index in [2.05, 4.69) is 4.90 Å². The first kappa shape index (κ1) is 30.3. The fourth-order valence-corrected chi connectivity index (χ4v) is 6.31. The maximum absolute atomic E-state index is 13.5. The average molecular weight is 553 g/mol. The molecule has 210 valence electrons. The van der Waals surface area contributed by atoms with Crippen molar-refractivity contribution < 1.29 is 23.1 Å². The number of benzene rings is 1. The number of alkyl halides is 3. The molecular weight excluding hydrogens is 513 g/mol. The molecule has 1 N–H and O–H groups in total. The summed E-state index contributed by atoms with van der Waals surface area (Å²) in [6.07, 6.45) is 2.69. The molecule has 1 atom stereocenters. The van der Waals surface area contributed by atoms with E-state index in [-0.39, 0.29) is 22.7 Å². The van der Waals surface area contributed by atoms with Gasteiger partial charge in [-0.05, 0) is 95.9 Å². The summed E-state index contributed by atoms with van der Waals surface area (Å²) in [7, 11) is 0. The van der Waals surface area contributed by atoms with E-state index in [0.29, 0.717) is 6.54 Å². The van der Waals surface area contributed by atoms with Crippen LogP contribution in [0.4, 0.5) is 18.9 Å². The van der Waals surface area contributed by atoms with Gasteiger partial charge in [0.05, 0.1) is 28.5 Å². The molecule has 0 aromatic heterocycles. The first-order valence-electron chi connectivity index (χ1n) is 13.6. The Balaban J connectivity index is 1.58. The number of amides is 1. The van der Waals surface area contributed by atoms with E-state index in [9.17, 15) is 23.1 Å². The zero-order chi connectivity index (χ0) is 28.3. The van der Waals surface area contributed by atoms with Gasteiger partial charge in [-0.25, -0.2) is 0 Å². The number of nitrogens with zero attached hydrogens (tertiary/aromatic N) is 4. The van der Waals surface area contributed by atoms with Crippen LogP contribution in [-0.2, 0) is 11.0 Å². The molecule has 1 amide bonds. The van der Waals surface area contributed by atoms with Crippen molar-refractivity contribution in [2.24, 2.45) is 0 Å². The molecule has 2 heterocycles. The maximum Gasteiger partial charge on any atom is 0.417 e. The topological polar surface area (TPSA) is 70.8 Å². The lowest BCUT2D eigenvalue weighted by atomic mass is 9.87. The van der Waals surface area contributed by atoms with E-state index in [4.69, 9.17) is 17.5 Å². The number of thiocarbonyl (C=S) groups is 1. The Morgan fingerprint density at radius 2 is 1.76 bits per heavy atom. The number of hydrogen-bond acceptors (Lipinski definition) is 5. The van der Waals surface area contributed by atoms with Crippen LogP contribution in [0.3, 0.4) is 0 Å². The molecule has 38 heavy (non-hydrogen) atoms. The molecule has 2 fully saturated rings. The van der Waals surface area contributed by atoms with Crippen LogP contribution in [0.2, 0.25) is 0 Å². The molecule has 0 radical (unpaired) electrons. The highest BCUT2D eigenvalue weighted by Crippen LogP contribution is 2.38. The highest BCUT2D eigenvalue weighted by atomic mass is 32.1. The van der Waals surface area contributed by atoms with Crippen molar-refractivity contribution in [2.75, 3.05) is 24.5 Å². The smallest absolute Gasteiger partial charge is 0.388 e. The summed E-state index contributed by atoms with van der Waals surface area (Å²) in [5.41, 5.74) is -3.18. The molecule has 2 aliphatic heterocycles. The third-order valence-electron chi connectivity index (χ3n) is 8.30. The van der Waals surface area contributed by atoms with Crippen molar-refractivity contribution in [3.05, 3.63) is 29.3 Å². The van der Waals surface area contributed by atoms with Crippen molar-refractivity contribution in [2.45, 2.75) is 102 Å². The van der Waals surface area contributed by atoms with E-state index in [0.717, 1.165) is 81.5 Å². The molecule has 0 bridgehead atoms. The number of likely N-dealkylation sites (tertiary alicyclic amines) is 1. The first-order valence-corrected chi connectivity index (χ1v) is 14.0. The summed E-state index contributed by atoms with van der Waals surface area (Å²) in [6.45, 7) is 10.0. The van der Waals surface area contributed by atoms with Gasteiger partial charge in [-0.2, -0.15) is 18.4 Å². The number of hydrogen-bond donors (Lipinski definition) is 1. The number of halogens is 3. The second-order valence-electron chi connectivity index (χ2n) is 10.9. The van der Waals surface area contributed by atoms with Crippen LogP contribution in [0.1, 0.15) is 90.2 Å². The zero-order valence-electron chi connectivity index (χ0n) is 22.8. The molecule has 0 saturated carbocycles. The van der Waals surface area contributed by atoms with Gasteiger partial charge in [-0.15, -0.1) is 0 Å². The van der Waals surface area contributed by atoms with Crippen LogP contribution in [0.5, 0.6) is 0 Å². The van der Waals surface area contributed by atoms with Gasteiger partial charge in [0, 0.05) is 12.6 Å². The number of carbonyl (C=O) groups excluding carboxylic acids is 1. The standard InChI is InChI=1S/C28H39F3N4O2S/c1-5-27(37,6-2)23-12-11-16-33(23)15-9-7-8-10-17-34-25(38)35(24(36)26(34,3)4)21-14-13-20(19-32)22(18-21)28(29,30)31/h13-14,18,23,37H,5-12,15-17H2,1-4H3. The van der Waals surface area contributed by atoms with Crippen molar-refractivity contribution in [1.82, 2.24) is 9.80 Å². The minimum Gasteiger partial charge on any atom is -0.388 e. The minimum absolute atomic E-state index is 0.0150. The molecule has 0 aliphatic carbocycles. The lowest BCUT2D eigenvalue weighted by Crippen LogP contribution is -2.49. The lowest BCUT2D eigenvalue weighted by Gasteiger charge is -2.38. The predicted octanol–water partition coefficient (Wildman–Crippen LogP) is 5.87. The Hall–Kier alpha value is -2.22. The highest BCUT2D eigenvalue weighted by Gasteiger charge is 2.49. The van der Waals surface area contributed by atoms with Gasteiger partial charge in [-0.1, -0.05) is 26.7 Å². The number of rotatable bonds is 11. The molecular formula is C28H39F3N4O2S. The molecule has 3 rings (SSSR count). The first-order chi connectivity index (χ1) is 17.8. The third-order valence-corrected chi connectivity index (χ3v) is 8.70. The number of nitriles is 1. The highest BCUT2D eigenvalue weighted by molar-refractivity contribution is 7.80. The van der Waals surface area contributed by atoms with Crippen molar-refractivity contribution in [3.8, 4) is 6.07 Å². The fraction of sp³-hybridized carbons (Fsp3) is 0.679. The van der Waals surface area contributed by atoms with E-state index in [1.54, 1.807) is 24.8 Å². The molecule has 6 nitrogen and oxygen atoms in total. The van der Waals surface area contributed by atoms with Crippen LogP contribution >= 0.6 is 12.2 Å². The monoisotopic (exact) mass is 552 g/mol. The average Bonchev–Trinajstić information content (AvgIpc) is 3.41. The molecule has 2 saturated heterocycles. The van der Waals surface area contributed by atoms with Crippen molar-refractivity contribution in [3.63, 3.8) is 0 Å². The molecule has 0 spiro atoms. The van der Waals surface area contributed by atoms with Gasteiger partial charge < -0.3 is 10.0 Å². The largest absolute Gasteiger partial charge is 0.417 e. The van der Waals surface area contributed by atoms with Crippen LogP contribution < -0.4 is 4.90 Å². The molecule has 2 aliphatic rings. The summed E-state index contributed by atoms with van der Waals surface area (Å²) in [5.74, 6) is -0.389. The Morgan fingerprint density at radius 1 is 1.13 bits per heavy atom. The predicted molar refractivity (Wildman–Crippen MR) is 146 cm³/mol. The molecule has 10 heteroatoms. The second-order valence-corrected chi connectivity index (χ2v) is 11.3. The van der Waals surface area contributed by atoms with Crippen LogP contribution in [-0.4, -0.2) is 62.7 Å². The number of aliphatic hydroxyl groups is 1. The van der Waals surface area contributed by atoms with Gasteiger partial charge >= 0.3 is 6.18 Å². The van der Waals surface area contributed by atoms with Crippen LogP contribution in [0.15, 0.2) is 18.2 Å². The summed E-state index contributed by atoms with van der Waals surface area (Å²) in [5, 5.41) is 20.2. The van der Waals surface area contributed by atoms with Gasteiger partial charge in [0.1, 0.15) is 5.54 Å². The van der Waals surface area contributed by atoms with Crippen LogP contribution in [0, 0.1) is 11.3 Å². The quantitative estimate of drug-likeness (QED) is 0.274. The Bertz CT molecular complexity index is 1070. The van der Waals surface area contributed by atoms with E-state index in [1.807, 2.05) is 13.8 Å². The normalized spacial score (nSPS) is 20.4. The number of carbonyl (C=O) groups is 1. The maximum atomic E-state index is 13.5. The zero-order valence-corrected chi connectivity index (χ0v) is 23.6. The Kier molecular flexibility index (Phi) is 9.49. The van der Waals surface area contributed by atoms with E-state index < -0.39 is 28.4 Å². The van der Waals surface area contributed by atoms with Crippen molar-refractivity contribution >= 4 is 28.9 Å². The van der Waals surface area contributed by atoms with Crippen molar-refractivity contribution in [1.29, 1.82) is 5.26 Å². The lowest BCUT2D eigenvalue weighted by molar-refractivity contribution is -0.137. The van der Waals surface area contributed by atoms with Gasteiger partial charge in [0.25, 0.3) is 5.91 Å². The summed E-state index contributed by atoms with van der Waals surface area (Å²) in [4.78, 5) is 18.6.